The van der Waals surface area contributed by atoms with Crippen molar-refractivity contribution in [3.8, 4) is 22.4 Å². The summed E-state index contributed by atoms with van der Waals surface area (Å²) in [5.74, 6) is -1.29. The molecule has 0 amide bonds. The SMILES string of the molecule is N=Cc1ccnc(-c2ccc3ncc(-c4cc(F)cc(F)c4)c(N4CC[C@H]5NCCO[C@@H]5C4)c3c2)c1N. The second kappa shape index (κ2) is 9.49. The molecular weight excluding hydrogens is 474 g/mol. The standard InChI is InChI=1S/C28H26F2N6O/c29-19-9-18(10-20(30)12-19)22-14-35-23-2-1-16(27-26(32)17(13-31)3-5-34-27)11-21(23)28(22)36-7-4-24-25(15-36)37-8-6-33-24/h1-3,5,9-14,24-25,31,33H,4,6-8,15,32H2/t24-,25-/m1/s1. The van der Waals surface area contributed by atoms with E-state index in [9.17, 15) is 8.78 Å². The van der Waals surface area contributed by atoms with Crippen LogP contribution in [0.3, 0.4) is 0 Å². The van der Waals surface area contributed by atoms with Crippen LogP contribution in [-0.4, -0.2) is 54.6 Å². The molecule has 2 saturated heterocycles. The predicted octanol–water partition coefficient (Wildman–Crippen LogP) is 4.39. The molecule has 4 N–H and O–H groups in total. The average Bonchev–Trinajstić information content (AvgIpc) is 2.91. The summed E-state index contributed by atoms with van der Waals surface area (Å²) in [6, 6.07) is 11.3. The third-order valence-corrected chi connectivity index (χ3v) is 7.18. The van der Waals surface area contributed by atoms with Crippen molar-refractivity contribution >= 4 is 28.5 Å². The number of benzene rings is 2. The second-order valence-electron chi connectivity index (χ2n) is 9.42. The Morgan fingerprint density at radius 1 is 1.08 bits per heavy atom. The first-order valence-electron chi connectivity index (χ1n) is 12.3. The molecule has 2 fully saturated rings. The molecule has 0 radical (unpaired) electrons. The fraction of sp³-hybridized carbons (Fsp3) is 0.250. The van der Waals surface area contributed by atoms with Gasteiger partial charge in [0.15, 0.2) is 0 Å². The van der Waals surface area contributed by atoms with Crippen molar-refractivity contribution in [3.63, 3.8) is 0 Å². The van der Waals surface area contributed by atoms with Crippen molar-refractivity contribution in [2.45, 2.75) is 18.6 Å². The van der Waals surface area contributed by atoms with Gasteiger partial charge in [0, 0.05) is 72.4 Å². The Labute approximate surface area is 212 Å². The molecule has 0 aliphatic carbocycles. The molecule has 9 heteroatoms. The van der Waals surface area contributed by atoms with E-state index in [4.69, 9.17) is 15.9 Å². The van der Waals surface area contributed by atoms with Gasteiger partial charge in [0.2, 0.25) is 0 Å². The number of halogens is 2. The maximum Gasteiger partial charge on any atom is 0.126 e. The van der Waals surface area contributed by atoms with Crippen LogP contribution in [0.25, 0.3) is 33.3 Å². The lowest BCUT2D eigenvalue weighted by atomic mass is 9.95. The van der Waals surface area contributed by atoms with E-state index in [-0.39, 0.29) is 12.1 Å². The largest absolute Gasteiger partial charge is 0.396 e. The summed E-state index contributed by atoms with van der Waals surface area (Å²) in [7, 11) is 0. The van der Waals surface area contributed by atoms with E-state index in [1.807, 2.05) is 18.2 Å². The summed E-state index contributed by atoms with van der Waals surface area (Å²) < 4.78 is 34.6. The van der Waals surface area contributed by atoms with Gasteiger partial charge in [0.05, 0.1) is 35.3 Å². The van der Waals surface area contributed by atoms with Crippen LogP contribution >= 0.6 is 0 Å². The number of ether oxygens (including phenoxy) is 1. The lowest BCUT2D eigenvalue weighted by molar-refractivity contribution is -0.00896. The fourth-order valence-electron chi connectivity index (χ4n) is 5.41. The van der Waals surface area contributed by atoms with Crippen molar-refractivity contribution in [2.75, 3.05) is 36.9 Å². The number of pyridine rings is 2. The van der Waals surface area contributed by atoms with E-state index in [1.54, 1.807) is 18.5 Å². The molecule has 6 rings (SSSR count). The number of piperidine rings is 1. The van der Waals surface area contributed by atoms with Crippen molar-refractivity contribution in [1.82, 2.24) is 15.3 Å². The number of aromatic nitrogens is 2. The average molecular weight is 501 g/mol. The Morgan fingerprint density at radius 2 is 1.92 bits per heavy atom. The molecule has 0 unspecified atom stereocenters. The highest BCUT2D eigenvalue weighted by Crippen LogP contribution is 2.40. The zero-order valence-electron chi connectivity index (χ0n) is 20.0. The fourth-order valence-corrected chi connectivity index (χ4v) is 5.41. The molecule has 0 saturated carbocycles. The van der Waals surface area contributed by atoms with Crippen molar-refractivity contribution in [3.05, 3.63) is 72.1 Å². The van der Waals surface area contributed by atoms with Crippen LogP contribution in [-0.2, 0) is 4.74 Å². The van der Waals surface area contributed by atoms with Gasteiger partial charge in [-0.25, -0.2) is 8.78 Å². The smallest absolute Gasteiger partial charge is 0.126 e. The molecule has 2 aromatic carbocycles. The molecular formula is C28H26F2N6O. The van der Waals surface area contributed by atoms with Crippen LogP contribution in [0, 0.1) is 17.0 Å². The maximum atomic E-state index is 14.3. The van der Waals surface area contributed by atoms with Gasteiger partial charge in [-0.15, -0.1) is 0 Å². The number of nitrogen functional groups attached to an aromatic ring is 1. The molecule has 0 spiro atoms. The number of nitrogens with one attached hydrogen (secondary N) is 2. The molecule has 0 bridgehead atoms. The van der Waals surface area contributed by atoms with E-state index in [0.29, 0.717) is 41.2 Å². The van der Waals surface area contributed by atoms with Crippen LogP contribution < -0.4 is 16.0 Å². The minimum atomic E-state index is -0.645. The number of anilines is 2. The number of rotatable bonds is 4. The zero-order valence-corrected chi connectivity index (χ0v) is 20.0. The monoisotopic (exact) mass is 500 g/mol. The highest BCUT2D eigenvalue weighted by molar-refractivity contribution is 6.02. The summed E-state index contributed by atoms with van der Waals surface area (Å²) in [6.45, 7) is 2.86. The molecule has 2 aliphatic heterocycles. The summed E-state index contributed by atoms with van der Waals surface area (Å²) in [5.41, 5.74) is 11.3. The third kappa shape index (κ3) is 4.30. The Hall–Kier alpha value is -3.95. The Morgan fingerprint density at radius 3 is 2.73 bits per heavy atom. The first-order chi connectivity index (χ1) is 18.0. The molecule has 4 heterocycles. The minimum absolute atomic E-state index is 0.00702. The van der Waals surface area contributed by atoms with Crippen LogP contribution in [0.15, 0.2) is 54.9 Å². The van der Waals surface area contributed by atoms with Crippen molar-refractivity contribution in [2.24, 2.45) is 0 Å². The van der Waals surface area contributed by atoms with Gasteiger partial charge in [-0.3, -0.25) is 9.97 Å². The third-order valence-electron chi connectivity index (χ3n) is 7.18. The quantitative estimate of drug-likeness (QED) is 0.360. The Balaban J connectivity index is 1.56. The number of hydrogen-bond donors (Lipinski definition) is 3. The van der Waals surface area contributed by atoms with Crippen LogP contribution in [0.4, 0.5) is 20.2 Å². The van der Waals surface area contributed by atoms with E-state index in [1.165, 1.54) is 18.3 Å². The summed E-state index contributed by atoms with van der Waals surface area (Å²) in [5, 5.41) is 12.0. The number of nitrogens with zero attached hydrogens (tertiary/aromatic N) is 3. The number of fused-ring (bicyclic) bond motifs is 2. The van der Waals surface area contributed by atoms with E-state index >= 15 is 0 Å². The van der Waals surface area contributed by atoms with Gasteiger partial charge in [0.1, 0.15) is 11.6 Å². The topological polar surface area (TPSA) is 100 Å². The minimum Gasteiger partial charge on any atom is -0.396 e. The molecule has 188 valence electrons. The molecule has 4 aromatic rings. The highest BCUT2D eigenvalue weighted by Gasteiger charge is 2.33. The lowest BCUT2D eigenvalue weighted by Crippen LogP contribution is -2.57. The van der Waals surface area contributed by atoms with Gasteiger partial charge in [-0.2, -0.15) is 0 Å². The van der Waals surface area contributed by atoms with E-state index < -0.39 is 11.6 Å². The van der Waals surface area contributed by atoms with Gasteiger partial charge >= 0.3 is 0 Å². The van der Waals surface area contributed by atoms with Gasteiger partial charge in [0.25, 0.3) is 0 Å². The number of hydrogen-bond acceptors (Lipinski definition) is 7. The second-order valence-corrected chi connectivity index (χ2v) is 9.42. The van der Waals surface area contributed by atoms with Crippen LogP contribution in [0.2, 0.25) is 0 Å². The van der Waals surface area contributed by atoms with Crippen molar-refractivity contribution < 1.29 is 13.5 Å². The Kier molecular flexibility index (Phi) is 6.02. The van der Waals surface area contributed by atoms with Gasteiger partial charge < -0.3 is 26.1 Å². The van der Waals surface area contributed by atoms with Gasteiger partial charge in [-0.1, -0.05) is 6.07 Å². The molecule has 2 aromatic heterocycles. The van der Waals surface area contributed by atoms with E-state index in [0.717, 1.165) is 47.7 Å². The van der Waals surface area contributed by atoms with E-state index in [2.05, 4.69) is 20.2 Å². The predicted molar refractivity (Wildman–Crippen MR) is 141 cm³/mol. The number of morpholine rings is 1. The highest BCUT2D eigenvalue weighted by atomic mass is 19.1. The van der Waals surface area contributed by atoms with Crippen molar-refractivity contribution in [1.29, 1.82) is 5.41 Å². The summed E-state index contributed by atoms with van der Waals surface area (Å²) in [6.07, 6.45) is 5.39. The maximum absolute atomic E-state index is 14.3. The first kappa shape index (κ1) is 23.4. The summed E-state index contributed by atoms with van der Waals surface area (Å²) >= 11 is 0. The molecule has 37 heavy (non-hydrogen) atoms. The van der Waals surface area contributed by atoms with Crippen LogP contribution in [0.5, 0.6) is 0 Å². The summed E-state index contributed by atoms with van der Waals surface area (Å²) in [4.78, 5) is 11.3. The zero-order chi connectivity index (χ0) is 25.5. The number of nitrogens with two attached hydrogens (primary N) is 1. The lowest BCUT2D eigenvalue weighted by Gasteiger charge is -2.43. The molecule has 2 aliphatic rings. The normalized spacial score (nSPS) is 19.6. The van der Waals surface area contributed by atoms with Gasteiger partial charge in [-0.05, 0) is 42.3 Å². The first-order valence-corrected chi connectivity index (χ1v) is 12.3. The molecule has 2 atom stereocenters. The van der Waals surface area contributed by atoms with Crippen LogP contribution in [0.1, 0.15) is 12.0 Å². The Bertz CT molecular complexity index is 1490. The molecule has 7 nitrogen and oxygen atoms in total.